The summed E-state index contributed by atoms with van der Waals surface area (Å²) in [6, 6.07) is 20.6. The zero-order chi connectivity index (χ0) is 12.8. The van der Waals surface area contributed by atoms with Crippen LogP contribution in [0.5, 0.6) is 0 Å². The van der Waals surface area contributed by atoms with Crippen LogP contribution in [-0.4, -0.2) is 6.29 Å². The predicted molar refractivity (Wildman–Crippen MR) is 74.6 cm³/mol. The number of rotatable bonds is 5. The van der Waals surface area contributed by atoms with E-state index in [1.54, 1.807) is 0 Å². The van der Waals surface area contributed by atoms with Crippen LogP contribution in [0.4, 0.5) is 0 Å². The molecule has 0 aliphatic rings. The average Bonchev–Trinajstić information content (AvgIpc) is 2.41. The summed E-state index contributed by atoms with van der Waals surface area (Å²) in [5.74, 6) is 0. The second-order valence-corrected chi connectivity index (χ2v) is 4.96. The highest BCUT2D eigenvalue weighted by molar-refractivity contribution is 5.54. The molecule has 92 valence electrons. The fourth-order valence-electron chi connectivity index (χ4n) is 2.36. The van der Waals surface area contributed by atoms with Gasteiger partial charge in [-0.3, -0.25) is 0 Å². The van der Waals surface area contributed by atoms with E-state index < -0.39 is 0 Å². The Kier molecular flexibility index (Phi) is 3.93. The highest BCUT2D eigenvalue weighted by Crippen LogP contribution is 2.30. The first-order chi connectivity index (χ1) is 8.74. The van der Waals surface area contributed by atoms with Crippen molar-refractivity contribution in [2.45, 2.75) is 25.2 Å². The van der Waals surface area contributed by atoms with Gasteiger partial charge in [-0.1, -0.05) is 67.6 Å². The van der Waals surface area contributed by atoms with Crippen LogP contribution in [0.2, 0.25) is 0 Å². The van der Waals surface area contributed by atoms with Gasteiger partial charge in [0.15, 0.2) is 0 Å². The Hall–Kier alpha value is -1.89. The fourth-order valence-corrected chi connectivity index (χ4v) is 2.36. The molecule has 0 aliphatic carbocycles. The van der Waals surface area contributed by atoms with E-state index in [-0.39, 0.29) is 5.41 Å². The largest absolute Gasteiger partial charge is 0.303 e. The third kappa shape index (κ3) is 2.86. The van der Waals surface area contributed by atoms with Crippen molar-refractivity contribution in [2.75, 3.05) is 0 Å². The van der Waals surface area contributed by atoms with Crippen LogP contribution >= 0.6 is 0 Å². The summed E-state index contributed by atoms with van der Waals surface area (Å²) >= 11 is 0. The summed E-state index contributed by atoms with van der Waals surface area (Å²) in [6.07, 6.45) is 2.46. The lowest BCUT2D eigenvalue weighted by Crippen LogP contribution is -2.25. The molecular formula is C17H18O. The third-order valence-corrected chi connectivity index (χ3v) is 3.44. The fraction of sp³-hybridized carbons (Fsp3) is 0.235. The molecule has 2 aromatic rings. The summed E-state index contributed by atoms with van der Waals surface area (Å²) in [7, 11) is 0. The number of carbonyl (C=O) groups excluding carboxylic acids is 1. The van der Waals surface area contributed by atoms with Crippen LogP contribution < -0.4 is 0 Å². The van der Waals surface area contributed by atoms with Gasteiger partial charge < -0.3 is 4.79 Å². The lowest BCUT2D eigenvalue weighted by atomic mass is 9.75. The monoisotopic (exact) mass is 238 g/mol. The first-order valence-electron chi connectivity index (χ1n) is 6.28. The highest BCUT2D eigenvalue weighted by atomic mass is 16.1. The van der Waals surface area contributed by atoms with Gasteiger partial charge in [-0.25, -0.2) is 0 Å². The molecule has 0 fully saturated rings. The number of hydrogen-bond donors (Lipinski definition) is 0. The molecule has 0 aliphatic heterocycles. The van der Waals surface area contributed by atoms with Gasteiger partial charge in [0.2, 0.25) is 0 Å². The molecule has 1 atom stereocenters. The SMILES string of the molecule is CC(CC=O)(Cc1ccccc1)c1ccccc1. The van der Waals surface area contributed by atoms with Crippen LogP contribution in [0.1, 0.15) is 24.5 Å². The molecule has 0 bridgehead atoms. The van der Waals surface area contributed by atoms with E-state index >= 15 is 0 Å². The van der Waals surface area contributed by atoms with Gasteiger partial charge in [-0.15, -0.1) is 0 Å². The van der Waals surface area contributed by atoms with Crippen molar-refractivity contribution in [3.8, 4) is 0 Å². The number of benzene rings is 2. The molecule has 18 heavy (non-hydrogen) atoms. The summed E-state index contributed by atoms with van der Waals surface area (Å²) < 4.78 is 0. The molecule has 1 heteroatoms. The number of aldehydes is 1. The van der Waals surface area contributed by atoms with E-state index in [2.05, 4.69) is 31.2 Å². The molecule has 0 radical (unpaired) electrons. The molecule has 0 amide bonds. The number of carbonyl (C=O) groups is 1. The maximum atomic E-state index is 11.0. The normalized spacial score (nSPS) is 13.8. The molecule has 0 heterocycles. The van der Waals surface area contributed by atoms with E-state index in [9.17, 15) is 4.79 Å². The van der Waals surface area contributed by atoms with Crippen LogP contribution in [0.25, 0.3) is 0 Å². The predicted octanol–water partition coefficient (Wildman–Crippen LogP) is 3.78. The summed E-state index contributed by atoms with van der Waals surface area (Å²) in [5.41, 5.74) is 2.37. The Morgan fingerprint density at radius 3 is 2.06 bits per heavy atom. The van der Waals surface area contributed by atoms with E-state index in [0.29, 0.717) is 6.42 Å². The smallest absolute Gasteiger partial charge is 0.120 e. The topological polar surface area (TPSA) is 17.1 Å². The molecule has 0 saturated carbocycles. The second kappa shape index (κ2) is 5.63. The van der Waals surface area contributed by atoms with Crippen molar-refractivity contribution >= 4 is 6.29 Å². The Morgan fingerprint density at radius 2 is 1.50 bits per heavy atom. The Bertz CT molecular complexity index is 490. The van der Waals surface area contributed by atoms with Gasteiger partial charge in [-0.05, 0) is 17.5 Å². The summed E-state index contributed by atoms with van der Waals surface area (Å²) in [4.78, 5) is 11.0. The van der Waals surface area contributed by atoms with E-state index in [1.165, 1.54) is 11.1 Å². The number of hydrogen-bond acceptors (Lipinski definition) is 1. The van der Waals surface area contributed by atoms with Crippen molar-refractivity contribution in [3.63, 3.8) is 0 Å². The van der Waals surface area contributed by atoms with Gasteiger partial charge in [-0.2, -0.15) is 0 Å². The van der Waals surface area contributed by atoms with Crippen molar-refractivity contribution in [1.29, 1.82) is 0 Å². The van der Waals surface area contributed by atoms with Crippen molar-refractivity contribution < 1.29 is 4.79 Å². The summed E-state index contributed by atoms with van der Waals surface area (Å²) in [6.45, 7) is 2.16. The molecule has 0 spiro atoms. The lowest BCUT2D eigenvalue weighted by molar-refractivity contribution is -0.108. The van der Waals surface area contributed by atoms with Crippen LogP contribution in [0.3, 0.4) is 0 Å². The van der Waals surface area contributed by atoms with Crippen LogP contribution in [0.15, 0.2) is 60.7 Å². The van der Waals surface area contributed by atoms with Crippen LogP contribution in [0, 0.1) is 0 Å². The lowest BCUT2D eigenvalue weighted by Gasteiger charge is -2.28. The van der Waals surface area contributed by atoms with Gasteiger partial charge in [0, 0.05) is 11.8 Å². The molecular weight excluding hydrogens is 220 g/mol. The minimum Gasteiger partial charge on any atom is -0.303 e. The van der Waals surface area contributed by atoms with Crippen molar-refractivity contribution in [3.05, 3.63) is 71.8 Å². The minimum absolute atomic E-state index is 0.121. The highest BCUT2D eigenvalue weighted by Gasteiger charge is 2.26. The maximum Gasteiger partial charge on any atom is 0.120 e. The average molecular weight is 238 g/mol. The Morgan fingerprint density at radius 1 is 0.944 bits per heavy atom. The second-order valence-electron chi connectivity index (χ2n) is 4.96. The molecule has 0 N–H and O–H groups in total. The zero-order valence-corrected chi connectivity index (χ0v) is 10.7. The van der Waals surface area contributed by atoms with E-state index in [0.717, 1.165) is 12.7 Å². The first-order valence-corrected chi connectivity index (χ1v) is 6.28. The first kappa shape index (κ1) is 12.6. The van der Waals surface area contributed by atoms with E-state index in [4.69, 9.17) is 0 Å². The Balaban J connectivity index is 2.30. The maximum absolute atomic E-state index is 11.0. The molecule has 2 rings (SSSR count). The minimum atomic E-state index is -0.121. The third-order valence-electron chi connectivity index (χ3n) is 3.44. The molecule has 1 unspecified atom stereocenters. The van der Waals surface area contributed by atoms with Gasteiger partial charge in [0.25, 0.3) is 0 Å². The molecule has 0 saturated heterocycles. The van der Waals surface area contributed by atoms with E-state index in [1.807, 2.05) is 36.4 Å². The van der Waals surface area contributed by atoms with Gasteiger partial charge in [0.05, 0.1) is 0 Å². The summed E-state index contributed by atoms with van der Waals surface area (Å²) in [5, 5.41) is 0. The van der Waals surface area contributed by atoms with Gasteiger partial charge in [0.1, 0.15) is 6.29 Å². The van der Waals surface area contributed by atoms with Crippen molar-refractivity contribution in [2.24, 2.45) is 0 Å². The van der Waals surface area contributed by atoms with Crippen molar-refractivity contribution in [1.82, 2.24) is 0 Å². The Labute approximate surface area is 108 Å². The van der Waals surface area contributed by atoms with Crippen LogP contribution in [-0.2, 0) is 16.6 Å². The quantitative estimate of drug-likeness (QED) is 0.724. The molecule has 1 nitrogen and oxygen atoms in total. The molecule has 0 aromatic heterocycles. The van der Waals surface area contributed by atoms with Gasteiger partial charge >= 0.3 is 0 Å². The molecule has 2 aromatic carbocycles. The standard InChI is InChI=1S/C17H18O/c1-17(12-13-18,16-10-6-3-7-11-16)14-15-8-4-2-5-9-15/h2-11,13H,12,14H2,1H3. The zero-order valence-electron chi connectivity index (χ0n) is 10.7.